The zero-order valence-electron chi connectivity index (χ0n) is 18.8. The van der Waals surface area contributed by atoms with Crippen LogP contribution < -0.4 is 0 Å². The molecule has 0 N–H and O–H groups in total. The van der Waals surface area contributed by atoms with E-state index in [2.05, 4.69) is 89.0 Å². The van der Waals surface area contributed by atoms with Gasteiger partial charge in [-0.25, -0.2) is 4.39 Å². The van der Waals surface area contributed by atoms with Crippen molar-refractivity contribution in [2.75, 3.05) is 0 Å². The van der Waals surface area contributed by atoms with Gasteiger partial charge in [0.05, 0.1) is 11.9 Å². The maximum Gasteiger partial charge on any atom is 0.149 e. The Labute approximate surface area is 179 Å². The lowest BCUT2D eigenvalue weighted by Crippen LogP contribution is -2.12. The quantitative estimate of drug-likeness (QED) is 0.332. The zero-order valence-corrected chi connectivity index (χ0v) is 18.8. The Morgan fingerprint density at radius 3 is 2.23 bits per heavy atom. The smallest absolute Gasteiger partial charge is 0.149 e. The first-order chi connectivity index (χ1) is 14.0. The fourth-order valence-corrected chi connectivity index (χ4v) is 4.28. The van der Waals surface area contributed by atoms with E-state index in [0.717, 1.165) is 28.6 Å². The largest absolute Gasteiger partial charge is 0.253 e. The van der Waals surface area contributed by atoms with E-state index in [-0.39, 0.29) is 16.6 Å². The van der Waals surface area contributed by atoms with E-state index in [1.165, 1.54) is 22.5 Å². The summed E-state index contributed by atoms with van der Waals surface area (Å²) in [4.78, 5) is 4.54. The van der Waals surface area contributed by atoms with E-state index in [1.54, 1.807) is 0 Å². The molecule has 0 aliphatic rings. The van der Waals surface area contributed by atoms with Gasteiger partial charge in [0.25, 0.3) is 0 Å². The van der Waals surface area contributed by atoms with Crippen LogP contribution in [0, 0.1) is 11.2 Å². The standard InChI is InChI=1S/C28H30FN/c1-27(2,3)16-18-11-12-22-23(13-18)25(29)17-30-26(22)20-14-19-9-7-8-10-21(19)24(15-20)28(4,5)6/h7-15,17H,16H2,1-6H3. The molecule has 0 bridgehead atoms. The van der Waals surface area contributed by atoms with Crippen molar-refractivity contribution in [3.63, 3.8) is 0 Å². The fourth-order valence-electron chi connectivity index (χ4n) is 4.28. The minimum absolute atomic E-state index is 0.00861. The maximum atomic E-state index is 14.8. The number of benzene rings is 3. The number of hydrogen-bond acceptors (Lipinski definition) is 1. The summed E-state index contributed by atoms with van der Waals surface area (Å²) >= 11 is 0. The molecular formula is C28H30FN. The number of nitrogens with zero attached hydrogens (tertiary/aromatic N) is 1. The molecule has 0 atom stereocenters. The molecule has 0 radical (unpaired) electrons. The van der Waals surface area contributed by atoms with Gasteiger partial charge in [-0.3, -0.25) is 4.98 Å². The molecule has 1 nitrogen and oxygen atoms in total. The van der Waals surface area contributed by atoms with Gasteiger partial charge in [-0.15, -0.1) is 0 Å². The van der Waals surface area contributed by atoms with Crippen LogP contribution in [0.5, 0.6) is 0 Å². The van der Waals surface area contributed by atoms with Crippen LogP contribution in [-0.2, 0) is 11.8 Å². The number of rotatable bonds is 2. The molecule has 4 rings (SSSR count). The van der Waals surface area contributed by atoms with Gasteiger partial charge in [0.2, 0.25) is 0 Å². The first-order valence-electron chi connectivity index (χ1n) is 10.6. The van der Waals surface area contributed by atoms with Gasteiger partial charge in [0, 0.05) is 16.3 Å². The summed E-state index contributed by atoms with van der Waals surface area (Å²) in [5.41, 5.74) is 4.45. The molecular weight excluding hydrogens is 369 g/mol. The molecule has 4 aromatic rings. The Bertz CT molecular complexity index is 1240. The van der Waals surface area contributed by atoms with Crippen LogP contribution in [0.3, 0.4) is 0 Å². The number of halogens is 1. The van der Waals surface area contributed by atoms with Crippen molar-refractivity contribution in [2.24, 2.45) is 5.41 Å². The average molecular weight is 400 g/mol. The van der Waals surface area contributed by atoms with Crippen LogP contribution in [0.15, 0.2) is 60.8 Å². The molecule has 0 amide bonds. The summed E-state index contributed by atoms with van der Waals surface area (Å²) in [5, 5.41) is 3.95. The fraction of sp³-hybridized carbons (Fsp3) is 0.321. The molecule has 154 valence electrons. The third-order valence-corrected chi connectivity index (χ3v) is 5.58. The second-order valence-electron chi connectivity index (χ2n) is 10.6. The highest BCUT2D eigenvalue weighted by atomic mass is 19.1. The van der Waals surface area contributed by atoms with Crippen molar-refractivity contribution in [3.05, 3.63) is 77.7 Å². The van der Waals surface area contributed by atoms with E-state index in [9.17, 15) is 4.39 Å². The predicted molar refractivity (Wildman–Crippen MR) is 127 cm³/mol. The number of hydrogen-bond donors (Lipinski definition) is 0. The zero-order chi connectivity index (χ0) is 21.7. The summed E-state index contributed by atoms with van der Waals surface area (Å²) in [6, 6.07) is 19.0. The van der Waals surface area contributed by atoms with Crippen molar-refractivity contribution in [3.8, 4) is 11.3 Å². The van der Waals surface area contributed by atoms with Gasteiger partial charge >= 0.3 is 0 Å². The molecule has 0 aliphatic heterocycles. The number of pyridine rings is 1. The molecule has 1 aromatic heterocycles. The molecule has 30 heavy (non-hydrogen) atoms. The second kappa shape index (κ2) is 7.19. The Kier molecular flexibility index (Phi) is 4.92. The highest BCUT2D eigenvalue weighted by Crippen LogP contribution is 2.37. The summed E-state index contributed by atoms with van der Waals surface area (Å²) in [6.45, 7) is 13.3. The highest BCUT2D eigenvalue weighted by molar-refractivity contribution is 5.98. The normalized spacial score (nSPS) is 12.6. The minimum Gasteiger partial charge on any atom is -0.253 e. The molecule has 0 saturated heterocycles. The molecule has 0 unspecified atom stereocenters. The molecule has 0 fully saturated rings. The lowest BCUT2D eigenvalue weighted by Gasteiger charge is -2.23. The van der Waals surface area contributed by atoms with Crippen molar-refractivity contribution < 1.29 is 4.39 Å². The monoisotopic (exact) mass is 399 g/mol. The van der Waals surface area contributed by atoms with Gasteiger partial charge in [0.1, 0.15) is 5.82 Å². The summed E-state index contributed by atoms with van der Waals surface area (Å²) in [5.74, 6) is -0.263. The van der Waals surface area contributed by atoms with E-state index >= 15 is 0 Å². The molecule has 0 aliphatic carbocycles. The SMILES string of the molecule is CC(C)(C)Cc1ccc2c(-c3cc(C(C)(C)C)c4ccccc4c3)ncc(F)c2c1. The predicted octanol–water partition coefficient (Wildman–Crippen LogP) is 8.08. The van der Waals surface area contributed by atoms with Gasteiger partial charge in [-0.2, -0.15) is 0 Å². The molecule has 3 aromatic carbocycles. The van der Waals surface area contributed by atoms with Gasteiger partial charge in [0.15, 0.2) is 0 Å². The highest BCUT2D eigenvalue weighted by Gasteiger charge is 2.20. The van der Waals surface area contributed by atoms with E-state index in [0.29, 0.717) is 5.39 Å². The number of aromatic nitrogens is 1. The third-order valence-electron chi connectivity index (χ3n) is 5.58. The Balaban J connectivity index is 1.96. The van der Waals surface area contributed by atoms with E-state index in [1.807, 2.05) is 12.1 Å². The average Bonchev–Trinajstić information content (AvgIpc) is 2.66. The van der Waals surface area contributed by atoms with E-state index in [4.69, 9.17) is 0 Å². The Morgan fingerprint density at radius 1 is 0.800 bits per heavy atom. The van der Waals surface area contributed by atoms with E-state index < -0.39 is 0 Å². The lowest BCUT2D eigenvalue weighted by molar-refractivity contribution is 0.411. The molecule has 2 heteroatoms. The van der Waals surface area contributed by atoms with Crippen molar-refractivity contribution in [2.45, 2.75) is 53.4 Å². The van der Waals surface area contributed by atoms with Crippen molar-refractivity contribution >= 4 is 21.5 Å². The molecule has 0 saturated carbocycles. The van der Waals surface area contributed by atoms with Crippen molar-refractivity contribution in [1.82, 2.24) is 4.98 Å². The van der Waals surface area contributed by atoms with Crippen LogP contribution in [-0.4, -0.2) is 4.98 Å². The van der Waals surface area contributed by atoms with Crippen LogP contribution in [0.2, 0.25) is 0 Å². The first kappa shape index (κ1) is 20.5. The van der Waals surface area contributed by atoms with Gasteiger partial charge in [-0.05, 0) is 57.3 Å². The Hall–Kier alpha value is -2.74. The maximum absolute atomic E-state index is 14.8. The summed E-state index contributed by atoms with van der Waals surface area (Å²) < 4.78 is 14.8. The van der Waals surface area contributed by atoms with Gasteiger partial charge in [-0.1, -0.05) is 77.9 Å². The summed E-state index contributed by atoms with van der Waals surface area (Å²) in [7, 11) is 0. The topological polar surface area (TPSA) is 12.9 Å². The summed E-state index contributed by atoms with van der Waals surface area (Å²) in [6.07, 6.45) is 2.27. The van der Waals surface area contributed by atoms with Crippen LogP contribution in [0.4, 0.5) is 4.39 Å². The minimum atomic E-state index is -0.263. The van der Waals surface area contributed by atoms with Crippen LogP contribution in [0.1, 0.15) is 52.7 Å². The second-order valence-corrected chi connectivity index (χ2v) is 10.6. The molecule has 0 spiro atoms. The third kappa shape index (κ3) is 3.96. The number of fused-ring (bicyclic) bond motifs is 2. The van der Waals surface area contributed by atoms with Crippen LogP contribution >= 0.6 is 0 Å². The van der Waals surface area contributed by atoms with Crippen LogP contribution in [0.25, 0.3) is 32.8 Å². The van der Waals surface area contributed by atoms with Crippen molar-refractivity contribution in [1.29, 1.82) is 0 Å². The lowest BCUT2D eigenvalue weighted by atomic mass is 9.82. The van der Waals surface area contributed by atoms with Gasteiger partial charge < -0.3 is 0 Å². The first-order valence-corrected chi connectivity index (χ1v) is 10.6. The molecule has 1 heterocycles. The Morgan fingerprint density at radius 2 is 1.53 bits per heavy atom.